The van der Waals surface area contributed by atoms with Gasteiger partial charge in [0, 0.05) is 19.3 Å². The van der Waals surface area contributed by atoms with E-state index in [4.69, 9.17) is 11.6 Å². The Bertz CT molecular complexity index is 780. The lowest BCUT2D eigenvalue weighted by Crippen LogP contribution is -2.71. The fraction of sp³-hybridized carbons (Fsp3) is 0.400. The van der Waals surface area contributed by atoms with Gasteiger partial charge < -0.3 is 5.32 Å². The van der Waals surface area contributed by atoms with E-state index in [-0.39, 0.29) is 29.7 Å². The molecule has 0 aromatic heterocycles. The molecule has 0 radical (unpaired) electrons. The van der Waals surface area contributed by atoms with Gasteiger partial charge in [-0.05, 0) is 18.2 Å². The number of hydrogen-bond donors (Lipinski definition) is 3. The number of carbonyl (C=O) groups is 1. The number of amides is 1. The summed E-state index contributed by atoms with van der Waals surface area (Å²) >= 11 is 5.99. The predicted molar refractivity (Wildman–Crippen MR) is 85.5 cm³/mol. The number of nitrogens with zero attached hydrogens (tertiary/aromatic N) is 2. The summed E-state index contributed by atoms with van der Waals surface area (Å²) < 4.78 is 51.3. The van der Waals surface area contributed by atoms with E-state index in [0.717, 1.165) is 12.1 Å². The summed E-state index contributed by atoms with van der Waals surface area (Å²) in [6.07, 6.45) is -5.03. The molecule has 2 atom stereocenters. The van der Waals surface area contributed by atoms with Crippen LogP contribution >= 0.6 is 11.6 Å². The first-order valence-corrected chi connectivity index (χ1v) is 8.19. The normalized spacial score (nSPS) is 27.0. The number of nitrogens with one attached hydrogen (secondary N) is 3. The van der Waals surface area contributed by atoms with E-state index in [2.05, 4.69) is 16.1 Å². The van der Waals surface area contributed by atoms with Crippen molar-refractivity contribution in [3.63, 3.8) is 0 Å². The van der Waals surface area contributed by atoms with E-state index < -0.39 is 30.4 Å². The van der Waals surface area contributed by atoms with Crippen LogP contribution in [0.1, 0.15) is 5.56 Å². The first-order valence-electron chi connectivity index (χ1n) is 7.81. The molecular formula is C15H14ClF4N5O. The first kappa shape index (κ1) is 17.5. The molecule has 0 spiro atoms. The first-order chi connectivity index (χ1) is 12.2. The van der Waals surface area contributed by atoms with E-state index in [1.807, 2.05) is 0 Å². The highest BCUT2D eigenvalue weighted by Crippen LogP contribution is 2.36. The third kappa shape index (κ3) is 3.02. The number of hydrogen-bond acceptors (Lipinski definition) is 5. The van der Waals surface area contributed by atoms with Crippen LogP contribution in [-0.2, 0) is 11.0 Å². The molecule has 26 heavy (non-hydrogen) atoms. The topological polar surface area (TPSA) is 59.6 Å². The fourth-order valence-electron chi connectivity index (χ4n) is 3.06. The van der Waals surface area contributed by atoms with Gasteiger partial charge in [-0.25, -0.2) is 9.82 Å². The third-order valence-corrected chi connectivity index (χ3v) is 4.77. The molecule has 2 saturated heterocycles. The molecule has 3 aliphatic rings. The molecule has 2 fully saturated rings. The van der Waals surface area contributed by atoms with Crippen LogP contribution in [0, 0.1) is 0 Å². The third-order valence-electron chi connectivity index (χ3n) is 4.47. The van der Waals surface area contributed by atoms with Gasteiger partial charge in [0.1, 0.15) is 18.6 Å². The van der Waals surface area contributed by atoms with Crippen molar-refractivity contribution in [3.05, 3.63) is 40.6 Å². The number of fused-ring (bicyclic) bond motifs is 1. The van der Waals surface area contributed by atoms with Crippen LogP contribution < -0.4 is 21.1 Å². The molecule has 3 N–H and O–H groups in total. The number of halogens is 5. The number of anilines is 1. The maximum atomic E-state index is 13.0. The summed E-state index contributed by atoms with van der Waals surface area (Å²) in [4.78, 5) is 14.0. The minimum atomic E-state index is -4.49. The van der Waals surface area contributed by atoms with E-state index in [1.54, 1.807) is 4.90 Å². The second-order valence-electron chi connectivity index (χ2n) is 6.27. The minimum Gasteiger partial charge on any atom is -0.324 e. The molecule has 1 aromatic rings. The van der Waals surface area contributed by atoms with Crippen LogP contribution in [0.5, 0.6) is 0 Å². The predicted octanol–water partition coefficient (Wildman–Crippen LogP) is 1.55. The molecule has 0 bridgehead atoms. The van der Waals surface area contributed by atoms with Gasteiger partial charge in [0.2, 0.25) is 0 Å². The molecule has 4 rings (SSSR count). The molecule has 1 amide bonds. The van der Waals surface area contributed by atoms with Gasteiger partial charge >= 0.3 is 6.18 Å². The summed E-state index contributed by atoms with van der Waals surface area (Å²) in [5.41, 5.74) is 2.74. The number of carbonyl (C=O) groups excluding carboxylic acids is 1. The molecule has 3 aliphatic heterocycles. The van der Waals surface area contributed by atoms with Gasteiger partial charge in [-0.3, -0.25) is 20.0 Å². The number of benzene rings is 1. The van der Waals surface area contributed by atoms with Crippen molar-refractivity contribution >= 4 is 23.2 Å². The Morgan fingerprint density at radius 1 is 1.23 bits per heavy atom. The van der Waals surface area contributed by atoms with Gasteiger partial charge in [-0.2, -0.15) is 13.2 Å². The lowest BCUT2D eigenvalue weighted by Gasteiger charge is -2.44. The van der Waals surface area contributed by atoms with Crippen molar-refractivity contribution in [3.8, 4) is 0 Å². The summed E-state index contributed by atoms with van der Waals surface area (Å²) in [5.74, 6) is -0.348. The lowest BCUT2D eigenvalue weighted by molar-refractivity contribution is -0.137. The molecule has 1 aromatic carbocycles. The summed E-state index contributed by atoms with van der Waals surface area (Å²) in [5, 5.41) is 7.11. The highest BCUT2D eigenvalue weighted by Gasteiger charge is 2.42. The van der Waals surface area contributed by atoms with E-state index in [0.29, 0.717) is 5.57 Å². The fourth-order valence-corrected chi connectivity index (χ4v) is 3.34. The van der Waals surface area contributed by atoms with Crippen LogP contribution in [-0.4, -0.2) is 42.5 Å². The van der Waals surface area contributed by atoms with Gasteiger partial charge in [-0.1, -0.05) is 11.6 Å². The second-order valence-corrected chi connectivity index (χ2v) is 6.68. The van der Waals surface area contributed by atoms with E-state index >= 15 is 0 Å². The van der Waals surface area contributed by atoms with E-state index in [9.17, 15) is 22.4 Å². The Hall–Kier alpha value is -1.88. The highest BCUT2D eigenvalue weighted by molar-refractivity contribution is 6.33. The van der Waals surface area contributed by atoms with Gasteiger partial charge in [-0.15, -0.1) is 0 Å². The maximum Gasteiger partial charge on any atom is 0.416 e. The van der Waals surface area contributed by atoms with Crippen molar-refractivity contribution in [2.24, 2.45) is 0 Å². The molecule has 11 heteroatoms. The number of hydrazine groups is 1. The Morgan fingerprint density at radius 3 is 2.58 bits per heavy atom. The molecule has 2 unspecified atom stereocenters. The van der Waals surface area contributed by atoms with Crippen molar-refractivity contribution in [2.75, 3.05) is 18.1 Å². The summed E-state index contributed by atoms with van der Waals surface area (Å²) in [7, 11) is 0. The number of rotatable bonds is 2. The zero-order valence-corrected chi connectivity index (χ0v) is 13.9. The summed E-state index contributed by atoms with van der Waals surface area (Å²) in [6.45, 7) is 0.441. The molecule has 0 aliphatic carbocycles. The second kappa shape index (κ2) is 6.08. The quantitative estimate of drug-likeness (QED) is 0.668. The molecule has 3 heterocycles. The molecular weight excluding hydrogens is 378 g/mol. The summed E-state index contributed by atoms with van der Waals surface area (Å²) in [6, 6.07) is 2.98. The van der Waals surface area contributed by atoms with Crippen LogP contribution in [0.4, 0.5) is 23.2 Å². The van der Waals surface area contributed by atoms with Crippen LogP contribution in [0.15, 0.2) is 30.0 Å². The average Bonchev–Trinajstić information content (AvgIpc) is 2.95. The Labute approximate surface area is 150 Å². The van der Waals surface area contributed by atoms with Gasteiger partial charge in [0.25, 0.3) is 5.91 Å². The zero-order chi connectivity index (χ0) is 18.6. The highest BCUT2D eigenvalue weighted by atomic mass is 35.5. The number of alkyl halides is 4. The van der Waals surface area contributed by atoms with Gasteiger partial charge in [0.05, 0.1) is 21.8 Å². The molecule has 140 valence electrons. The van der Waals surface area contributed by atoms with E-state index in [1.165, 1.54) is 17.3 Å². The largest absolute Gasteiger partial charge is 0.416 e. The van der Waals surface area contributed by atoms with Crippen molar-refractivity contribution in [1.29, 1.82) is 0 Å². The zero-order valence-electron chi connectivity index (χ0n) is 13.1. The van der Waals surface area contributed by atoms with Crippen molar-refractivity contribution in [2.45, 2.75) is 24.8 Å². The van der Waals surface area contributed by atoms with Crippen LogP contribution in [0.25, 0.3) is 0 Å². The smallest absolute Gasteiger partial charge is 0.324 e. The van der Waals surface area contributed by atoms with Gasteiger partial charge in [0.15, 0.2) is 0 Å². The maximum absolute atomic E-state index is 13.0. The number of likely N-dealkylation sites (tertiary alicyclic amines) is 1. The monoisotopic (exact) mass is 391 g/mol. The van der Waals surface area contributed by atoms with Crippen molar-refractivity contribution in [1.82, 2.24) is 21.0 Å². The standard InChI is InChI=1S/C15H14ClF4N5O/c16-10-3-7(15(18,19)20)1-2-11(10)25-6-9-12(23-25)21-14(22-13(9)26)24-4-8(17)5-24/h1-3,6,8,12,14,21,23H,4-5H2,(H,22,26). The average molecular weight is 392 g/mol. The minimum absolute atomic E-state index is 0.109. The SMILES string of the molecule is O=C1NC(N2CC(F)C2)NC2NN(c3ccc(C(F)(F)F)cc3Cl)C=C12. The Balaban J connectivity index is 1.52. The molecule has 0 saturated carbocycles. The van der Waals surface area contributed by atoms with Crippen molar-refractivity contribution < 1.29 is 22.4 Å². The lowest BCUT2D eigenvalue weighted by atomic mass is 10.1. The van der Waals surface area contributed by atoms with Crippen LogP contribution in [0.3, 0.4) is 0 Å². The van der Waals surface area contributed by atoms with Crippen LogP contribution in [0.2, 0.25) is 5.02 Å². The Kier molecular flexibility index (Phi) is 4.10. The Morgan fingerprint density at radius 2 is 1.96 bits per heavy atom. The molecule has 6 nitrogen and oxygen atoms in total.